The number of carbonyl (C=O) groups excluding carboxylic acids is 3. The number of amides is 3. The Balaban J connectivity index is 1.44. The first kappa shape index (κ1) is 24.7. The quantitative estimate of drug-likeness (QED) is 0.452. The Morgan fingerprint density at radius 3 is 2.74 bits per heavy atom. The molecule has 0 saturated carbocycles. The van der Waals surface area contributed by atoms with Crippen molar-refractivity contribution in [1.29, 1.82) is 0 Å². The number of rotatable bonds is 8. The lowest BCUT2D eigenvalue weighted by atomic mass is 9.78. The number of β-lactam (4-membered cyclic amide) rings is 1. The first-order chi connectivity index (χ1) is 16.1. The standard InChI is InChI=1S/C23H30N4O5S2/c1-11-18-17(12(2)25-16(28)9-13-6-5-7-33-13)22(30)27(18)19(23(31)32)20(11)34-14-8-15(24-10-14)21(29)26(3)4/h5-7,11-12,14-15,17-18,24H,8-10H2,1-4H3,(H,25,28)(H,31,32)/t11-,12-,14+,15+,17-,18-/m1/s1. The molecule has 184 valence electrons. The van der Waals surface area contributed by atoms with E-state index in [0.717, 1.165) is 4.88 Å². The van der Waals surface area contributed by atoms with Gasteiger partial charge in [0.1, 0.15) is 5.70 Å². The van der Waals surface area contributed by atoms with Crippen LogP contribution in [-0.4, -0.2) is 82.6 Å². The molecule has 0 unspecified atom stereocenters. The van der Waals surface area contributed by atoms with Gasteiger partial charge >= 0.3 is 5.97 Å². The van der Waals surface area contributed by atoms with Gasteiger partial charge in [-0.15, -0.1) is 23.1 Å². The summed E-state index contributed by atoms with van der Waals surface area (Å²) in [5, 5.41) is 18.0. The fourth-order valence-corrected chi connectivity index (χ4v) is 7.32. The number of hydrogen-bond acceptors (Lipinski definition) is 7. The van der Waals surface area contributed by atoms with Crippen molar-refractivity contribution in [3.05, 3.63) is 33.0 Å². The van der Waals surface area contributed by atoms with Gasteiger partial charge in [0.25, 0.3) is 0 Å². The molecule has 1 aromatic rings. The molecule has 9 nitrogen and oxygen atoms in total. The van der Waals surface area contributed by atoms with Crippen LogP contribution in [0.4, 0.5) is 0 Å². The van der Waals surface area contributed by atoms with E-state index in [1.807, 2.05) is 31.4 Å². The number of likely N-dealkylation sites (N-methyl/N-ethyl adjacent to an activating group) is 1. The molecular formula is C23H30N4O5S2. The zero-order valence-corrected chi connectivity index (χ0v) is 21.2. The maximum atomic E-state index is 13.1. The molecule has 0 radical (unpaired) electrons. The van der Waals surface area contributed by atoms with Crippen LogP contribution in [0.1, 0.15) is 25.1 Å². The minimum Gasteiger partial charge on any atom is -0.477 e. The average Bonchev–Trinajstić information content (AvgIpc) is 3.48. The van der Waals surface area contributed by atoms with Crippen molar-refractivity contribution in [2.75, 3.05) is 20.6 Å². The highest BCUT2D eigenvalue weighted by atomic mass is 32.2. The maximum absolute atomic E-state index is 13.1. The van der Waals surface area contributed by atoms with E-state index in [-0.39, 0.29) is 53.1 Å². The Bertz CT molecular complexity index is 1020. The number of thiophene rings is 1. The number of nitrogens with zero attached hydrogens (tertiary/aromatic N) is 2. The van der Waals surface area contributed by atoms with Crippen LogP contribution in [0.3, 0.4) is 0 Å². The minimum atomic E-state index is -1.12. The number of carboxylic acid groups (broad SMARTS) is 1. The van der Waals surface area contributed by atoms with Crippen molar-refractivity contribution in [2.24, 2.45) is 11.8 Å². The second kappa shape index (κ2) is 9.71. The van der Waals surface area contributed by atoms with Gasteiger partial charge in [0, 0.05) is 47.6 Å². The summed E-state index contributed by atoms with van der Waals surface area (Å²) in [7, 11) is 3.43. The summed E-state index contributed by atoms with van der Waals surface area (Å²) >= 11 is 2.96. The molecule has 0 spiro atoms. The summed E-state index contributed by atoms with van der Waals surface area (Å²) in [6.07, 6.45) is 0.857. The molecule has 0 aliphatic carbocycles. The summed E-state index contributed by atoms with van der Waals surface area (Å²) in [4.78, 5) is 54.5. The summed E-state index contributed by atoms with van der Waals surface area (Å²) in [6.45, 7) is 4.35. The van der Waals surface area contributed by atoms with Crippen molar-refractivity contribution in [2.45, 2.75) is 50.1 Å². The van der Waals surface area contributed by atoms with Crippen LogP contribution in [-0.2, 0) is 25.6 Å². The SMILES string of the molecule is C[C@@H](NC(=O)Cc1cccs1)[C@H]1C(=O)N2C(C(=O)O)=C(S[C@@H]3CN[C@H](C(=O)N(C)C)C3)[C@H](C)[C@H]12. The molecule has 3 N–H and O–H groups in total. The first-order valence-electron chi connectivity index (χ1n) is 11.3. The lowest BCUT2D eigenvalue weighted by molar-refractivity contribution is -0.158. The first-order valence-corrected chi connectivity index (χ1v) is 13.1. The van der Waals surface area contributed by atoms with Crippen molar-refractivity contribution >= 4 is 46.8 Å². The third-order valence-corrected chi connectivity index (χ3v) is 9.14. The topological polar surface area (TPSA) is 119 Å². The number of fused-ring (bicyclic) bond motifs is 1. The number of nitrogens with one attached hydrogen (secondary N) is 2. The lowest BCUT2D eigenvalue weighted by Gasteiger charge is -2.47. The summed E-state index contributed by atoms with van der Waals surface area (Å²) < 4.78 is 0. The molecule has 2 saturated heterocycles. The number of thioether (sulfide) groups is 1. The van der Waals surface area contributed by atoms with E-state index in [1.54, 1.807) is 19.0 Å². The van der Waals surface area contributed by atoms with E-state index in [0.29, 0.717) is 17.9 Å². The van der Waals surface area contributed by atoms with Crippen molar-refractivity contribution in [3.8, 4) is 0 Å². The van der Waals surface area contributed by atoms with Gasteiger partial charge in [0.2, 0.25) is 17.7 Å². The van der Waals surface area contributed by atoms with Crippen LogP contribution in [0.15, 0.2) is 28.1 Å². The van der Waals surface area contributed by atoms with Crippen LogP contribution in [0.25, 0.3) is 0 Å². The van der Waals surface area contributed by atoms with Gasteiger partial charge in [-0.1, -0.05) is 13.0 Å². The van der Waals surface area contributed by atoms with Gasteiger partial charge in [-0.25, -0.2) is 4.79 Å². The zero-order chi connectivity index (χ0) is 24.7. The van der Waals surface area contributed by atoms with Crippen molar-refractivity contribution < 1.29 is 24.3 Å². The largest absolute Gasteiger partial charge is 0.477 e. The molecule has 2 fully saturated rings. The highest BCUT2D eigenvalue weighted by Crippen LogP contribution is 2.51. The Morgan fingerprint density at radius 2 is 2.12 bits per heavy atom. The second-order valence-electron chi connectivity index (χ2n) is 9.31. The molecule has 34 heavy (non-hydrogen) atoms. The van der Waals surface area contributed by atoms with Crippen molar-refractivity contribution in [3.63, 3.8) is 0 Å². The Morgan fingerprint density at radius 1 is 1.38 bits per heavy atom. The smallest absolute Gasteiger partial charge is 0.353 e. The molecule has 11 heteroatoms. The molecule has 3 amide bonds. The highest BCUT2D eigenvalue weighted by Gasteiger charge is 2.60. The third kappa shape index (κ3) is 4.48. The van der Waals surface area contributed by atoms with E-state index in [4.69, 9.17) is 0 Å². The summed E-state index contributed by atoms with van der Waals surface area (Å²) in [5.74, 6) is -2.18. The molecular weight excluding hydrogens is 476 g/mol. The van der Waals surface area contributed by atoms with Crippen molar-refractivity contribution in [1.82, 2.24) is 20.4 Å². The van der Waals surface area contributed by atoms with Gasteiger partial charge in [0.15, 0.2) is 0 Å². The van der Waals surface area contributed by atoms with E-state index in [1.165, 1.54) is 28.0 Å². The molecule has 3 aliphatic rings. The number of carboxylic acids is 1. The number of hydrogen-bond donors (Lipinski definition) is 3. The molecule has 4 rings (SSSR count). The predicted molar refractivity (Wildman–Crippen MR) is 130 cm³/mol. The van der Waals surface area contributed by atoms with E-state index in [9.17, 15) is 24.3 Å². The highest BCUT2D eigenvalue weighted by molar-refractivity contribution is 8.03. The van der Waals surface area contributed by atoms with Gasteiger partial charge in [-0.3, -0.25) is 14.4 Å². The van der Waals surface area contributed by atoms with Gasteiger partial charge < -0.3 is 25.5 Å². The molecule has 3 aliphatic heterocycles. The Hall–Kier alpha value is -2.37. The summed E-state index contributed by atoms with van der Waals surface area (Å²) in [6, 6.07) is 2.79. The van der Waals surface area contributed by atoms with Crippen LogP contribution in [0.5, 0.6) is 0 Å². The van der Waals surface area contributed by atoms with Gasteiger partial charge in [-0.05, 0) is 24.8 Å². The molecule has 6 atom stereocenters. The molecule has 0 bridgehead atoms. The average molecular weight is 507 g/mol. The monoisotopic (exact) mass is 506 g/mol. The van der Waals surface area contributed by atoms with Crippen LogP contribution >= 0.6 is 23.1 Å². The molecule has 4 heterocycles. The number of carbonyl (C=O) groups is 4. The predicted octanol–water partition coefficient (Wildman–Crippen LogP) is 1.12. The Kier molecular flexibility index (Phi) is 7.07. The number of aliphatic carboxylic acids is 1. The zero-order valence-electron chi connectivity index (χ0n) is 19.6. The minimum absolute atomic E-state index is 0.00110. The van der Waals surface area contributed by atoms with E-state index < -0.39 is 17.9 Å². The lowest BCUT2D eigenvalue weighted by Crippen LogP contribution is -2.66. The second-order valence-corrected chi connectivity index (χ2v) is 11.7. The molecule has 0 aromatic carbocycles. The summed E-state index contributed by atoms with van der Waals surface area (Å²) in [5.41, 5.74) is 0.0447. The third-order valence-electron chi connectivity index (χ3n) is 6.76. The van der Waals surface area contributed by atoms with Crippen LogP contribution in [0, 0.1) is 11.8 Å². The fraction of sp³-hybridized carbons (Fsp3) is 0.565. The van der Waals surface area contributed by atoms with Gasteiger partial charge in [0.05, 0.1) is 24.4 Å². The maximum Gasteiger partial charge on any atom is 0.353 e. The molecule has 1 aromatic heterocycles. The van der Waals surface area contributed by atoms with Crippen LogP contribution < -0.4 is 10.6 Å². The van der Waals surface area contributed by atoms with Gasteiger partial charge in [-0.2, -0.15) is 0 Å². The van der Waals surface area contributed by atoms with E-state index >= 15 is 0 Å². The van der Waals surface area contributed by atoms with Crippen LogP contribution in [0.2, 0.25) is 0 Å². The normalized spacial score (nSPS) is 29.0. The van der Waals surface area contributed by atoms with E-state index in [2.05, 4.69) is 10.6 Å². The Labute approximate surface area is 206 Å². The fourth-order valence-electron chi connectivity index (χ4n) is 5.14.